The van der Waals surface area contributed by atoms with Gasteiger partial charge in [0.1, 0.15) is 0 Å². The Morgan fingerprint density at radius 2 is 2.05 bits per heavy atom. The lowest BCUT2D eigenvalue weighted by molar-refractivity contribution is 0.881. The van der Waals surface area contributed by atoms with Gasteiger partial charge < -0.3 is 17.2 Å². The van der Waals surface area contributed by atoms with Gasteiger partial charge in [-0.25, -0.2) is 4.99 Å². The fourth-order valence-electron chi connectivity index (χ4n) is 1.43. The molecule has 9 nitrogen and oxygen atoms in total. The van der Waals surface area contributed by atoms with E-state index in [-0.39, 0.29) is 11.9 Å². The summed E-state index contributed by atoms with van der Waals surface area (Å²) in [7, 11) is 0. The minimum absolute atomic E-state index is 0.0200. The second-order valence-corrected chi connectivity index (χ2v) is 3.74. The Bertz CT molecular complexity index is 622. The van der Waals surface area contributed by atoms with E-state index >= 15 is 0 Å². The number of tetrazole rings is 1. The molecule has 0 unspecified atom stereocenters. The average molecular weight is 259 g/mol. The third kappa shape index (κ3) is 3.03. The van der Waals surface area contributed by atoms with Gasteiger partial charge in [0.05, 0.1) is 5.69 Å². The van der Waals surface area contributed by atoms with E-state index < -0.39 is 0 Å². The summed E-state index contributed by atoms with van der Waals surface area (Å²) in [6.07, 6.45) is 0. The number of rotatable bonds is 2. The maximum Gasteiger partial charge on any atom is 0.223 e. The molecule has 0 saturated carbocycles. The van der Waals surface area contributed by atoms with Gasteiger partial charge in [-0.3, -0.25) is 0 Å². The molecule has 0 spiro atoms. The topological polar surface area (TPSA) is 157 Å². The van der Waals surface area contributed by atoms with Crippen molar-refractivity contribution in [3.05, 3.63) is 23.8 Å². The molecule has 0 aliphatic rings. The molecule has 98 valence electrons. The van der Waals surface area contributed by atoms with Crippen LogP contribution in [0.1, 0.15) is 5.56 Å². The molecule has 2 rings (SSSR count). The van der Waals surface area contributed by atoms with Crippen LogP contribution in [0.4, 0.5) is 5.69 Å². The number of nitrogens with one attached hydrogen (secondary N) is 1. The van der Waals surface area contributed by atoms with Crippen LogP contribution in [0.25, 0.3) is 11.4 Å². The first kappa shape index (κ1) is 12.5. The molecule has 0 aliphatic carbocycles. The Labute approximate surface area is 108 Å². The number of guanidine groups is 2. The molecule has 9 heteroatoms. The van der Waals surface area contributed by atoms with Crippen LogP contribution >= 0.6 is 0 Å². The summed E-state index contributed by atoms with van der Waals surface area (Å²) >= 11 is 0. The maximum absolute atomic E-state index is 5.60. The van der Waals surface area contributed by atoms with Crippen LogP contribution in [0.5, 0.6) is 0 Å². The quantitative estimate of drug-likeness (QED) is 0.416. The number of aryl methyl sites for hydroxylation is 1. The summed E-state index contributed by atoms with van der Waals surface area (Å²) in [6.45, 7) is 1.89. The minimum Gasteiger partial charge on any atom is -0.370 e. The zero-order chi connectivity index (χ0) is 13.8. The van der Waals surface area contributed by atoms with Crippen molar-refractivity contribution < 1.29 is 0 Å². The van der Waals surface area contributed by atoms with E-state index in [0.717, 1.165) is 11.1 Å². The average Bonchev–Trinajstić information content (AvgIpc) is 2.84. The third-order valence-corrected chi connectivity index (χ3v) is 2.29. The van der Waals surface area contributed by atoms with Gasteiger partial charge in [0, 0.05) is 5.56 Å². The van der Waals surface area contributed by atoms with E-state index in [4.69, 9.17) is 17.2 Å². The number of aliphatic imine (C=N–C) groups is 2. The van der Waals surface area contributed by atoms with Crippen molar-refractivity contribution in [2.45, 2.75) is 6.92 Å². The van der Waals surface area contributed by atoms with Gasteiger partial charge in [-0.05, 0) is 23.8 Å². The number of nitrogens with zero attached hydrogens (tertiary/aromatic N) is 5. The molecule has 0 radical (unpaired) electrons. The van der Waals surface area contributed by atoms with Gasteiger partial charge in [0.15, 0.2) is 5.96 Å². The van der Waals surface area contributed by atoms with E-state index in [1.54, 1.807) is 6.07 Å². The molecule has 2 aromatic rings. The van der Waals surface area contributed by atoms with Gasteiger partial charge in [-0.1, -0.05) is 12.1 Å². The highest BCUT2D eigenvalue weighted by Crippen LogP contribution is 2.24. The first-order chi connectivity index (χ1) is 9.06. The van der Waals surface area contributed by atoms with E-state index in [1.807, 2.05) is 19.1 Å². The lowest BCUT2D eigenvalue weighted by Crippen LogP contribution is -2.26. The molecule has 1 aromatic heterocycles. The number of aromatic amines is 1. The fraction of sp³-hybridized carbons (Fsp3) is 0.100. The first-order valence-electron chi connectivity index (χ1n) is 5.34. The van der Waals surface area contributed by atoms with Crippen molar-refractivity contribution in [3.8, 4) is 11.4 Å². The van der Waals surface area contributed by atoms with Gasteiger partial charge in [0.2, 0.25) is 11.8 Å². The molecule has 0 atom stereocenters. The first-order valence-corrected chi connectivity index (χ1v) is 5.34. The van der Waals surface area contributed by atoms with Crippen molar-refractivity contribution in [1.29, 1.82) is 0 Å². The van der Waals surface area contributed by atoms with Crippen molar-refractivity contribution in [1.82, 2.24) is 20.6 Å². The number of aromatic nitrogens is 4. The van der Waals surface area contributed by atoms with Crippen LogP contribution in [0.3, 0.4) is 0 Å². The van der Waals surface area contributed by atoms with Crippen LogP contribution in [-0.4, -0.2) is 32.5 Å². The van der Waals surface area contributed by atoms with E-state index in [1.165, 1.54) is 0 Å². The van der Waals surface area contributed by atoms with Crippen LogP contribution < -0.4 is 17.2 Å². The summed E-state index contributed by atoms with van der Waals surface area (Å²) in [6, 6.07) is 5.50. The normalized spacial score (nSPS) is 11.3. The van der Waals surface area contributed by atoms with E-state index in [9.17, 15) is 0 Å². The molecule has 0 fully saturated rings. The van der Waals surface area contributed by atoms with Gasteiger partial charge in [-0.15, -0.1) is 10.2 Å². The molecule has 7 N–H and O–H groups in total. The lowest BCUT2D eigenvalue weighted by Gasteiger charge is -2.03. The largest absolute Gasteiger partial charge is 0.370 e. The smallest absolute Gasteiger partial charge is 0.223 e. The van der Waals surface area contributed by atoms with Gasteiger partial charge >= 0.3 is 0 Å². The number of benzene rings is 1. The van der Waals surface area contributed by atoms with Gasteiger partial charge in [-0.2, -0.15) is 10.2 Å². The maximum atomic E-state index is 5.60. The molecule has 0 bridgehead atoms. The summed E-state index contributed by atoms with van der Waals surface area (Å²) in [5, 5.41) is 13.7. The standard InChI is InChI=1S/C10H13N9/c1-5-2-3-6(8-16-18-19-17-8)4-7(5)14-10(13)15-9(11)12/h2-4H,1H3,(H,16,17,18,19)(H6,11,12,13,14,15). The highest BCUT2D eigenvalue weighted by Gasteiger charge is 2.06. The molecule has 1 aromatic carbocycles. The summed E-state index contributed by atoms with van der Waals surface area (Å²) in [5.41, 5.74) is 18.4. The molecule has 1 heterocycles. The second-order valence-electron chi connectivity index (χ2n) is 3.74. The third-order valence-electron chi connectivity index (χ3n) is 2.29. The molecule has 19 heavy (non-hydrogen) atoms. The predicted octanol–water partition coefficient (Wildman–Crippen LogP) is -0.605. The van der Waals surface area contributed by atoms with Crippen LogP contribution in [0.2, 0.25) is 0 Å². The fourth-order valence-corrected chi connectivity index (χ4v) is 1.43. The van der Waals surface area contributed by atoms with Crippen molar-refractivity contribution in [3.63, 3.8) is 0 Å². The van der Waals surface area contributed by atoms with Crippen LogP contribution in [0, 0.1) is 6.92 Å². The Morgan fingerprint density at radius 1 is 1.26 bits per heavy atom. The van der Waals surface area contributed by atoms with Gasteiger partial charge in [0.25, 0.3) is 0 Å². The SMILES string of the molecule is Cc1ccc(-c2nn[nH]n2)cc1N=C(N)N=C(N)N. The Balaban J connectivity index is 2.41. The Kier molecular flexibility index (Phi) is 3.37. The van der Waals surface area contributed by atoms with Crippen molar-refractivity contribution in [2.75, 3.05) is 0 Å². The zero-order valence-corrected chi connectivity index (χ0v) is 10.2. The van der Waals surface area contributed by atoms with E-state index in [0.29, 0.717) is 11.5 Å². The summed E-state index contributed by atoms with van der Waals surface area (Å²) in [4.78, 5) is 7.79. The number of H-pyrrole nitrogens is 1. The summed E-state index contributed by atoms with van der Waals surface area (Å²) in [5.74, 6) is 0.304. The highest BCUT2D eigenvalue weighted by molar-refractivity contribution is 5.93. The lowest BCUT2D eigenvalue weighted by atomic mass is 10.1. The monoisotopic (exact) mass is 259 g/mol. The molecular formula is C10H13N9. The number of hydrogen-bond acceptors (Lipinski definition) is 4. The Hall–Kier alpha value is -2.97. The highest BCUT2D eigenvalue weighted by atomic mass is 15.5. The van der Waals surface area contributed by atoms with Crippen LogP contribution in [-0.2, 0) is 0 Å². The van der Waals surface area contributed by atoms with Crippen LogP contribution in [0.15, 0.2) is 28.2 Å². The molecular weight excluding hydrogens is 246 g/mol. The van der Waals surface area contributed by atoms with Crippen molar-refractivity contribution >= 4 is 17.6 Å². The number of hydrogen-bond donors (Lipinski definition) is 4. The molecule has 0 saturated heterocycles. The minimum atomic E-state index is -0.145. The summed E-state index contributed by atoms with van der Waals surface area (Å²) < 4.78 is 0. The zero-order valence-electron chi connectivity index (χ0n) is 10.2. The number of nitrogens with two attached hydrogens (primary N) is 3. The molecule has 0 amide bonds. The van der Waals surface area contributed by atoms with Crippen molar-refractivity contribution in [2.24, 2.45) is 27.2 Å². The second kappa shape index (κ2) is 5.12. The van der Waals surface area contributed by atoms with E-state index in [2.05, 4.69) is 30.6 Å². The predicted molar refractivity (Wildman–Crippen MR) is 71.4 cm³/mol. The Morgan fingerprint density at radius 3 is 2.68 bits per heavy atom. The molecule has 0 aliphatic heterocycles.